The molecular weight excluding hydrogens is 378 g/mol. The van der Waals surface area contributed by atoms with Crippen molar-refractivity contribution in [3.8, 4) is 0 Å². The third-order valence-electron chi connectivity index (χ3n) is 5.38. The molecule has 0 amide bonds. The Balaban J connectivity index is 1.75. The lowest BCUT2D eigenvalue weighted by molar-refractivity contribution is -0.137. The number of halogens is 4. The largest absolute Gasteiger partial charge is 0.478 e. The van der Waals surface area contributed by atoms with Crippen LogP contribution in [0.3, 0.4) is 0 Å². The third-order valence-corrected chi connectivity index (χ3v) is 5.38. The van der Waals surface area contributed by atoms with Crippen molar-refractivity contribution in [1.29, 1.82) is 0 Å². The van der Waals surface area contributed by atoms with Gasteiger partial charge in [-0.3, -0.25) is 0 Å². The highest BCUT2D eigenvalue weighted by Gasteiger charge is 2.41. The van der Waals surface area contributed by atoms with Gasteiger partial charge in [-0.05, 0) is 48.7 Å². The molecule has 0 unspecified atom stereocenters. The quantitative estimate of drug-likeness (QED) is 0.689. The van der Waals surface area contributed by atoms with Gasteiger partial charge >= 0.3 is 12.1 Å². The minimum atomic E-state index is -4.45. The first-order chi connectivity index (χ1) is 13.3. The third kappa shape index (κ3) is 3.22. The van der Waals surface area contributed by atoms with Crippen molar-refractivity contribution in [2.45, 2.75) is 31.2 Å². The summed E-state index contributed by atoms with van der Waals surface area (Å²) in [5.74, 6) is -2.40. The summed E-state index contributed by atoms with van der Waals surface area (Å²) in [7, 11) is 0. The van der Waals surface area contributed by atoms with Gasteiger partial charge in [-0.1, -0.05) is 6.07 Å². The lowest BCUT2D eigenvalue weighted by Gasteiger charge is -2.43. The number of anilines is 1. The standard InChI is InChI=1S/C20H17F4NO3/c21-15-8-10(3-5-12(15)19(26)27)17-13-2-1-7-28-18(13)14-9-11(20(22,23)24)4-6-16(14)25-17/h3-6,8-9,13,17-18,25H,1-2,7H2,(H,26,27)/t13-,17-,18-/m1/s1. The van der Waals surface area contributed by atoms with Crippen LogP contribution in [-0.2, 0) is 10.9 Å². The molecule has 148 valence electrons. The van der Waals surface area contributed by atoms with E-state index in [-0.39, 0.29) is 5.92 Å². The summed E-state index contributed by atoms with van der Waals surface area (Å²) in [5, 5.41) is 12.2. The number of carboxylic acids is 1. The van der Waals surface area contributed by atoms with Crippen LogP contribution in [-0.4, -0.2) is 17.7 Å². The second-order valence-electron chi connectivity index (χ2n) is 7.06. The zero-order valence-corrected chi connectivity index (χ0v) is 14.6. The number of ether oxygens (including phenoxy) is 1. The molecule has 2 aromatic carbocycles. The number of nitrogens with one attached hydrogen (secondary N) is 1. The molecule has 2 N–H and O–H groups in total. The summed E-state index contributed by atoms with van der Waals surface area (Å²) in [6, 6.07) is 6.98. The van der Waals surface area contributed by atoms with Crippen LogP contribution in [0, 0.1) is 11.7 Å². The Hall–Kier alpha value is -2.61. The summed E-state index contributed by atoms with van der Waals surface area (Å²) in [6.07, 6.45) is -3.56. The number of fused-ring (bicyclic) bond motifs is 3. The molecule has 3 atom stereocenters. The maximum atomic E-state index is 14.2. The van der Waals surface area contributed by atoms with Gasteiger partial charge in [0.15, 0.2) is 0 Å². The number of carboxylic acid groups (broad SMARTS) is 1. The fourth-order valence-electron chi connectivity index (χ4n) is 4.08. The minimum absolute atomic E-state index is 0.195. The van der Waals surface area contributed by atoms with Crippen LogP contribution in [0.15, 0.2) is 36.4 Å². The molecule has 0 aromatic heterocycles. The van der Waals surface area contributed by atoms with Crippen LogP contribution in [0.2, 0.25) is 0 Å². The molecule has 2 aliphatic heterocycles. The van der Waals surface area contributed by atoms with Crippen LogP contribution >= 0.6 is 0 Å². The first-order valence-electron chi connectivity index (χ1n) is 8.88. The van der Waals surface area contributed by atoms with E-state index in [1.807, 2.05) is 0 Å². The van der Waals surface area contributed by atoms with Crippen molar-refractivity contribution in [3.63, 3.8) is 0 Å². The van der Waals surface area contributed by atoms with Gasteiger partial charge in [0.05, 0.1) is 23.3 Å². The number of hydrogen-bond donors (Lipinski definition) is 2. The molecule has 0 bridgehead atoms. The maximum absolute atomic E-state index is 14.2. The van der Waals surface area contributed by atoms with Gasteiger partial charge in [0.25, 0.3) is 0 Å². The summed E-state index contributed by atoms with van der Waals surface area (Å²) in [4.78, 5) is 11.0. The Morgan fingerprint density at radius 3 is 2.64 bits per heavy atom. The van der Waals surface area contributed by atoms with E-state index in [4.69, 9.17) is 9.84 Å². The molecule has 0 saturated carbocycles. The van der Waals surface area contributed by atoms with E-state index in [9.17, 15) is 22.4 Å². The first kappa shape index (κ1) is 18.7. The number of aromatic carboxylic acids is 1. The van der Waals surface area contributed by atoms with Crippen molar-refractivity contribution in [3.05, 3.63) is 64.5 Å². The maximum Gasteiger partial charge on any atom is 0.416 e. The van der Waals surface area contributed by atoms with Crippen LogP contribution in [0.4, 0.5) is 23.2 Å². The Morgan fingerprint density at radius 1 is 1.18 bits per heavy atom. The average molecular weight is 395 g/mol. The van der Waals surface area contributed by atoms with Gasteiger partial charge in [0.2, 0.25) is 0 Å². The van der Waals surface area contributed by atoms with E-state index in [0.29, 0.717) is 29.8 Å². The Kier molecular flexibility index (Phi) is 4.53. The molecular formula is C20H17F4NO3. The Labute approximate surface area is 158 Å². The van der Waals surface area contributed by atoms with E-state index in [1.54, 1.807) is 0 Å². The van der Waals surface area contributed by atoms with Crippen molar-refractivity contribution in [2.24, 2.45) is 5.92 Å². The number of benzene rings is 2. The number of carbonyl (C=O) groups is 1. The van der Waals surface area contributed by atoms with Crippen LogP contribution in [0.1, 0.15) is 52.0 Å². The summed E-state index contributed by atoms with van der Waals surface area (Å²) in [6.45, 7) is 0.440. The highest BCUT2D eigenvalue weighted by molar-refractivity contribution is 5.88. The van der Waals surface area contributed by atoms with E-state index in [0.717, 1.165) is 18.6 Å². The van der Waals surface area contributed by atoms with Crippen molar-refractivity contribution >= 4 is 11.7 Å². The second kappa shape index (κ2) is 6.77. The minimum Gasteiger partial charge on any atom is -0.478 e. The molecule has 8 heteroatoms. The van der Waals surface area contributed by atoms with Gasteiger partial charge in [0, 0.05) is 23.8 Å². The van der Waals surface area contributed by atoms with E-state index >= 15 is 0 Å². The smallest absolute Gasteiger partial charge is 0.416 e. The van der Waals surface area contributed by atoms with Gasteiger partial charge in [-0.15, -0.1) is 0 Å². The molecule has 2 aromatic rings. The number of rotatable bonds is 2. The molecule has 1 saturated heterocycles. The lowest BCUT2D eigenvalue weighted by atomic mass is 9.77. The Morgan fingerprint density at radius 2 is 1.96 bits per heavy atom. The Bertz CT molecular complexity index is 928. The number of alkyl halides is 3. The van der Waals surface area contributed by atoms with Gasteiger partial charge < -0.3 is 15.2 Å². The lowest BCUT2D eigenvalue weighted by Crippen LogP contribution is -2.36. The first-order valence-corrected chi connectivity index (χ1v) is 8.88. The van der Waals surface area contributed by atoms with E-state index < -0.39 is 41.2 Å². The summed E-state index contributed by atoms with van der Waals surface area (Å²) >= 11 is 0. The van der Waals surface area contributed by atoms with Crippen LogP contribution in [0.5, 0.6) is 0 Å². The fourth-order valence-corrected chi connectivity index (χ4v) is 4.08. The topological polar surface area (TPSA) is 58.6 Å². The van der Waals surface area contributed by atoms with Crippen LogP contribution in [0.25, 0.3) is 0 Å². The molecule has 0 aliphatic carbocycles. The zero-order chi connectivity index (χ0) is 20.1. The molecule has 0 spiro atoms. The van der Waals surface area contributed by atoms with Crippen molar-refractivity contribution in [1.82, 2.24) is 0 Å². The average Bonchev–Trinajstić information content (AvgIpc) is 2.66. The predicted molar refractivity (Wildman–Crippen MR) is 92.6 cm³/mol. The van der Waals surface area contributed by atoms with Crippen LogP contribution < -0.4 is 5.32 Å². The molecule has 2 aliphatic rings. The van der Waals surface area contributed by atoms with Gasteiger partial charge in [-0.2, -0.15) is 13.2 Å². The zero-order valence-electron chi connectivity index (χ0n) is 14.6. The van der Waals surface area contributed by atoms with E-state index in [1.165, 1.54) is 24.3 Å². The molecule has 2 heterocycles. The highest BCUT2D eigenvalue weighted by atomic mass is 19.4. The summed E-state index contributed by atoms with van der Waals surface area (Å²) in [5.41, 5.74) is 0.318. The van der Waals surface area contributed by atoms with Crippen molar-refractivity contribution < 1.29 is 32.2 Å². The molecule has 28 heavy (non-hydrogen) atoms. The second-order valence-corrected chi connectivity index (χ2v) is 7.06. The predicted octanol–water partition coefficient (Wildman–Crippen LogP) is 5.18. The molecule has 4 rings (SSSR count). The molecule has 4 nitrogen and oxygen atoms in total. The fraction of sp³-hybridized carbons (Fsp3) is 0.350. The summed E-state index contributed by atoms with van der Waals surface area (Å²) < 4.78 is 59.4. The highest BCUT2D eigenvalue weighted by Crippen LogP contribution is 2.50. The molecule has 1 fully saturated rings. The number of hydrogen-bond acceptors (Lipinski definition) is 3. The van der Waals surface area contributed by atoms with Gasteiger partial charge in [-0.25, -0.2) is 9.18 Å². The molecule has 0 radical (unpaired) electrons. The van der Waals surface area contributed by atoms with Crippen molar-refractivity contribution in [2.75, 3.05) is 11.9 Å². The van der Waals surface area contributed by atoms with E-state index in [2.05, 4.69) is 5.32 Å². The van der Waals surface area contributed by atoms with Gasteiger partial charge in [0.1, 0.15) is 5.82 Å². The monoisotopic (exact) mass is 395 g/mol. The normalized spacial score (nSPS) is 24.1. The SMILES string of the molecule is O=C(O)c1ccc([C@H]2Nc3ccc(C(F)(F)F)cc3[C@@H]3OCCC[C@H]23)cc1F.